The van der Waals surface area contributed by atoms with Crippen LogP contribution in [0.25, 0.3) is 33.4 Å². The van der Waals surface area contributed by atoms with Crippen LogP contribution in [0.5, 0.6) is 5.75 Å². The van der Waals surface area contributed by atoms with Gasteiger partial charge in [0.25, 0.3) is 0 Å². The van der Waals surface area contributed by atoms with E-state index in [1.165, 1.54) is 6.92 Å². The second-order valence-electron chi connectivity index (χ2n) is 6.41. The van der Waals surface area contributed by atoms with Crippen molar-refractivity contribution in [2.24, 2.45) is 0 Å². The number of aromatic nitrogens is 4. The lowest BCUT2D eigenvalue weighted by Gasteiger charge is -2.07. The minimum Gasteiger partial charge on any atom is -0.494 e. The molecule has 0 aliphatic rings. The summed E-state index contributed by atoms with van der Waals surface area (Å²) in [4.78, 5) is 28.1. The van der Waals surface area contributed by atoms with Crippen LogP contribution in [0.1, 0.15) is 12.6 Å². The van der Waals surface area contributed by atoms with Gasteiger partial charge >= 0.3 is 0 Å². The fraction of sp³-hybridized carbons (Fsp3) is 0.143. The van der Waals surface area contributed by atoms with Crippen molar-refractivity contribution in [2.75, 3.05) is 12.4 Å². The number of methoxy groups -OCH3 is 1. The lowest BCUT2D eigenvalue weighted by Crippen LogP contribution is -2.07. The van der Waals surface area contributed by atoms with Crippen molar-refractivity contribution >= 4 is 22.8 Å². The number of fused-ring (bicyclic) bond motifs is 1. The summed E-state index contributed by atoms with van der Waals surface area (Å²) in [6.45, 7) is 3.40. The molecule has 7 heteroatoms. The first-order valence-corrected chi connectivity index (χ1v) is 8.78. The van der Waals surface area contributed by atoms with Crippen LogP contribution in [-0.4, -0.2) is 33.0 Å². The van der Waals surface area contributed by atoms with Crippen LogP contribution in [0.4, 0.5) is 5.82 Å². The molecule has 0 aliphatic carbocycles. The van der Waals surface area contributed by atoms with Gasteiger partial charge in [-0.15, -0.1) is 0 Å². The Balaban J connectivity index is 1.98. The average Bonchev–Trinajstić information content (AvgIpc) is 3.08. The Bertz CT molecular complexity index is 1170. The van der Waals surface area contributed by atoms with Gasteiger partial charge in [0, 0.05) is 54.0 Å². The zero-order valence-electron chi connectivity index (χ0n) is 15.8. The van der Waals surface area contributed by atoms with Gasteiger partial charge in [0.15, 0.2) is 0 Å². The highest BCUT2D eigenvalue weighted by Gasteiger charge is 2.19. The molecule has 2 N–H and O–H groups in total. The molecule has 0 aromatic carbocycles. The molecule has 28 heavy (non-hydrogen) atoms. The zero-order chi connectivity index (χ0) is 19.7. The van der Waals surface area contributed by atoms with E-state index in [-0.39, 0.29) is 5.91 Å². The van der Waals surface area contributed by atoms with Crippen LogP contribution in [0, 0.1) is 6.92 Å². The number of aromatic amines is 1. The van der Waals surface area contributed by atoms with E-state index in [0.29, 0.717) is 11.6 Å². The minimum absolute atomic E-state index is 0.174. The Kier molecular flexibility index (Phi) is 4.49. The molecule has 0 aliphatic heterocycles. The standard InChI is InChI=1S/C21H19N5O2/c1-12-4-5-15(11-24-12)18-19(14-6-8-22-17(10-14)25-13(2)27)26-20-16(28-3)7-9-23-21(18)20/h4-11,26H,1-3H3,(H,22,25,27). The normalized spacial score (nSPS) is 10.8. The number of nitrogens with one attached hydrogen (secondary N) is 2. The predicted octanol–water partition coefficient (Wildman–Crippen LogP) is 3.96. The van der Waals surface area contributed by atoms with E-state index in [0.717, 1.165) is 39.1 Å². The average molecular weight is 373 g/mol. The van der Waals surface area contributed by atoms with E-state index in [9.17, 15) is 4.79 Å². The van der Waals surface area contributed by atoms with Crippen molar-refractivity contribution in [3.05, 3.63) is 54.6 Å². The van der Waals surface area contributed by atoms with E-state index in [1.54, 1.807) is 19.5 Å². The highest BCUT2D eigenvalue weighted by atomic mass is 16.5. The molecule has 0 atom stereocenters. The van der Waals surface area contributed by atoms with Gasteiger partial charge in [-0.3, -0.25) is 14.8 Å². The van der Waals surface area contributed by atoms with E-state index >= 15 is 0 Å². The molecule has 7 nitrogen and oxygen atoms in total. The van der Waals surface area contributed by atoms with Gasteiger partial charge in [-0.05, 0) is 25.1 Å². The Hall–Kier alpha value is -3.74. The third-order valence-corrected chi connectivity index (χ3v) is 4.42. The molecular weight excluding hydrogens is 354 g/mol. The number of pyridine rings is 3. The molecule has 4 heterocycles. The van der Waals surface area contributed by atoms with Crippen LogP contribution < -0.4 is 10.1 Å². The molecule has 0 saturated carbocycles. The Labute approximate surface area is 161 Å². The SMILES string of the molecule is COc1ccnc2c(-c3ccc(C)nc3)c(-c3ccnc(NC(C)=O)c3)[nH]c12. The lowest BCUT2D eigenvalue weighted by atomic mass is 10.0. The number of carbonyl (C=O) groups is 1. The highest BCUT2D eigenvalue weighted by Crippen LogP contribution is 2.40. The Morgan fingerprint density at radius 3 is 2.61 bits per heavy atom. The molecule has 4 rings (SSSR count). The highest BCUT2D eigenvalue weighted by molar-refractivity contribution is 6.03. The van der Waals surface area contributed by atoms with E-state index in [4.69, 9.17) is 4.74 Å². The molecule has 4 aromatic rings. The molecular formula is C21H19N5O2. The van der Waals surface area contributed by atoms with Crippen molar-refractivity contribution in [1.29, 1.82) is 0 Å². The fourth-order valence-corrected chi connectivity index (χ4v) is 3.18. The summed E-state index contributed by atoms with van der Waals surface area (Å²) in [6, 6.07) is 9.51. The first kappa shape index (κ1) is 17.7. The largest absolute Gasteiger partial charge is 0.494 e. The maximum absolute atomic E-state index is 11.4. The molecule has 0 fully saturated rings. The lowest BCUT2D eigenvalue weighted by molar-refractivity contribution is -0.114. The summed E-state index contributed by atoms with van der Waals surface area (Å²) in [5.74, 6) is 1.01. The smallest absolute Gasteiger partial charge is 0.222 e. The van der Waals surface area contributed by atoms with Gasteiger partial charge in [-0.1, -0.05) is 6.07 Å². The van der Waals surface area contributed by atoms with Crippen LogP contribution in [-0.2, 0) is 4.79 Å². The van der Waals surface area contributed by atoms with Gasteiger partial charge in [-0.25, -0.2) is 4.98 Å². The van der Waals surface area contributed by atoms with E-state index in [2.05, 4.69) is 25.3 Å². The third-order valence-electron chi connectivity index (χ3n) is 4.42. The number of carbonyl (C=O) groups excluding carboxylic acids is 1. The van der Waals surface area contributed by atoms with Crippen molar-refractivity contribution in [1.82, 2.24) is 19.9 Å². The summed E-state index contributed by atoms with van der Waals surface area (Å²) in [7, 11) is 1.63. The van der Waals surface area contributed by atoms with Crippen molar-refractivity contribution < 1.29 is 9.53 Å². The Morgan fingerprint density at radius 1 is 1.07 bits per heavy atom. The topological polar surface area (TPSA) is 92.8 Å². The molecule has 1 amide bonds. The molecule has 0 radical (unpaired) electrons. The number of rotatable bonds is 4. The second-order valence-corrected chi connectivity index (χ2v) is 6.41. The zero-order valence-corrected chi connectivity index (χ0v) is 15.8. The Morgan fingerprint density at radius 2 is 1.89 bits per heavy atom. The summed E-state index contributed by atoms with van der Waals surface area (Å²) in [5, 5.41) is 2.72. The molecule has 140 valence electrons. The van der Waals surface area contributed by atoms with Crippen molar-refractivity contribution in [3.63, 3.8) is 0 Å². The van der Waals surface area contributed by atoms with Crippen LogP contribution in [0.3, 0.4) is 0 Å². The van der Waals surface area contributed by atoms with E-state index in [1.807, 2.05) is 43.5 Å². The van der Waals surface area contributed by atoms with E-state index < -0.39 is 0 Å². The quantitative estimate of drug-likeness (QED) is 0.565. The predicted molar refractivity (Wildman–Crippen MR) is 108 cm³/mol. The number of H-pyrrole nitrogens is 1. The molecule has 0 spiro atoms. The van der Waals surface area contributed by atoms with Gasteiger partial charge in [0.2, 0.25) is 5.91 Å². The summed E-state index contributed by atoms with van der Waals surface area (Å²) < 4.78 is 5.51. The summed E-state index contributed by atoms with van der Waals surface area (Å²) >= 11 is 0. The number of hydrogen-bond donors (Lipinski definition) is 2. The summed E-state index contributed by atoms with van der Waals surface area (Å²) in [5.41, 5.74) is 6.10. The molecule has 0 bridgehead atoms. The number of aryl methyl sites for hydroxylation is 1. The van der Waals surface area contributed by atoms with Crippen LogP contribution in [0.2, 0.25) is 0 Å². The molecule has 0 saturated heterocycles. The minimum atomic E-state index is -0.174. The number of hydrogen-bond acceptors (Lipinski definition) is 5. The molecule has 0 unspecified atom stereocenters. The van der Waals surface area contributed by atoms with Gasteiger partial charge in [0.05, 0.1) is 12.8 Å². The number of amides is 1. The number of nitrogens with zero attached hydrogens (tertiary/aromatic N) is 3. The molecule has 4 aromatic heterocycles. The third kappa shape index (κ3) is 3.18. The summed E-state index contributed by atoms with van der Waals surface area (Å²) in [6.07, 6.45) is 5.21. The maximum Gasteiger partial charge on any atom is 0.222 e. The number of ether oxygens (including phenoxy) is 1. The van der Waals surface area contributed by atoms with Gasteiger partial charge < -0.3 is 15.0 Å². The first-order valence-electron chi connectivity index (χ1n) is 8.78. The van der Waals surface area contributed by atoms with Crippen molar-refractivity contribution in [3.8, 4) is 28.1 Å². The first-order chi connectivity index (χ1) is 13.6. The maximum atomic E-state index is 11.4. The monoisotopic (exact) mass is 373 g/mol. The second kappa shape index (κ2) is 7.11. The van der Waals surface area contributed by atoms with Crippen molar-refractivity contribution in [2.45, 2.75) is 13.8 Å². The van der Waals surface area contributed by atoms with Crippen LogP contribution >= 0.6 is 0 Å². The fourth-order valence-electron chi connectivity index (χ4n) is 3.18. The van der Waals surface area contributed by atoms with Gasteiger partial charge in [0.1, 0.15) is 22.6 Å². The number of anilines is 1. The van der Waals surface area contributed by atoms with Crippen LogP contribution in [0.15, 0.2) is 48.9 Å². The van der Waals surface area contributed by atoms with Gasteiger partial charge in [-0.2, -0.15) is 0 Å².